The van der Waals surface area contributed by atoms with Crippen molar-refractivity contribution >= 4 is 0 Å². The molecule has 0 aliphatic heterocycles. The average molecular weight is 263 g/mol. The zero-order valence-electron chi connectivity index (χ0n) is 10.6. The molecule has 0 spiro atoms. The van der Waals surface area contributed by atoms with Crippen LogP contribution in [0.5, 0.6) is 0 Å². The second kappa shape index (κ2) is 6.33. The van der Waals surface area contributed by atoms with E-state index in [4.69, 9.17) is 0 Å². The van der Waals surface area contributed by atoms with Crippen LogP contribution in [0.25, 0.3) is 0 Å². The minimum Gasteiger partial charge on any atom is -0.306 e. The number of nitrogens with one attached hydrogen (secondary N) is 1. The summed E-state index contributed by atoms with van der Waals surface area (Å²) in [5, 5.41) is 10.7. The topological polar surface area (TPSA) is 37.8 Å². The summed E-state index contributed by atoms with van der Waals surface area (Å²) in [6.45, 7) is 2.71. The van der Waals surface area contributed by atoms with E-state index in [2.05, 4.69) is 15.5 Å². The van der Waals surface area contributed by atoms with Crippen LogP contribution in [0.15, 0.2) is 36.7 Å². The van der Waals surface area contributed by atoms with Gasteiger partial charge in [-0.25, -0.2) is 8.78 Å². The monoisotopic (exact) mass is 263 g/mol. The molecule has 0 aliphatic rings. The zero-order chi connectivity index (χ0) is 13.7. The molecule has 100 valence electrons. The Morgan fingerprint density at radius 1 is 1.21 bits per heavy atom. The molecule has 1 N–H and O–H groups in total. The van der Waals surface area contributed by atoms with E-state index in [-0.39, 0.29) is 5.56 Å². The first-order chi connectivity index (χ1) is 9.22. The molecule has 1 aromatic carbocycles. The summed E-state index contributed by atoms with van der Waals surface area (Å²) in [7, 11) is 0. The zero-order valence-corrected chi connectivity index (χ0v) is 10.6. The highest BCUT2D eigenvalue weighted by atomic mass is 19.1. The molecular weight excluding hydrogens is 248 g/mol. The molecule has 2 aromatic rings. The fourth-order valence-electron chi connectivity index (χ4n) is 1.90. The normalized spacial score (nSPS) is 12.4. The maximum atomic E-state index is 13.9. The molecule has 0 bridgehead atoms. The summed E-state index contributed by atoms with van der Waals surface area (Å²) in [4.78, 5) is 0. The molecule has 5 heteroatoms. The van der Waals surface area contributed by atoms with E-state index in [1.165, 1.54) is 12.3 Å². The van der Waals surface area contributed by atoms with Gasteiger partial charge in [-0.3, -0.25) is 0 Å². The first-order valence-corrected chi connectivity index (χ1v) is 6.17. The predicted molar refractivity (Wildman–Crippen MR) is 68.5 cm³/mol. The van der Waals surface area contributed by atoms with Crippen LogP contribution in [0.3, 0.4) is 0 Å². The van der Waals surface area contributed by atoms with Crippen LogP contribution in [-0.2, 0) is 0 Å². The predicted octanol–water partition coefficient (Wildman–Crippen LogP) is 2.84. The molecule has 3 nitrogen and oxygen atoms in total. The molecule has 0 amide bonds. The third-order valence-electron chi connectivity index (χ3n) is 2.81. The molecule has 1 heterocycles. The number of aromatic nitrogens is 2. The largest absolute Gasteiger partial charge is 0.306 e. The van der Waals surface area contributed by atoms with E-state index in [0.29, 0.717) is 6.54 Å². The van der Waals surface area contributed by atoms with E-state index in [0.717, 1.165) is 24.1 Å². The highest BCUT2D eigenvalue weighted by Gasteiger charge is 2.18. The minimum absolute atomic E-state index is 0.279. The first-order valence-electron chi connectivity index (χ1n) is 6.17. The molecule has 0 saturated heterocycles. The Morgan fingerprint density at radius 2 is 2.05 bits per heavy atom. The number of halogens is 2. The van der Waals surface area contributed by atoms with Crippen LogP contribution in [0.1, 0.15) is 30.5 Å². The maximum Gasteiger partial charge on any atom is 0.128 e. The van der Waals surface area contributed by atoms with Crippen molar-refractivity contribution in [3.05, 3.63) is 59.4 Å². The third-order valence-corrected chi connectivity index (χ3v) is 2.81. The Hall–Kier alpha value is -1.88. The van der Waals surface area contributed by atoms with Gasteiger partial charge in [-0.05, 0) is 42.8 Å². The van der Waals surface area contributed by atoms with Crippen molar-refractivity contribution in [2.24, 2.45) is 0 Å². The lowest BCUT2D eigenvalue weighted by Gasteiger charge is -2.19. The molecule has 2 rings (SSSR count). The number of hydrogen-bond acceptors (Lipinski definition) is 3. The summed E-state index contributed by atoms with van der Waals surface area (Å²) in [5.41, 5.74) is 1.04. The van der Waals surface area contributed by atoms with Crippen molar-refractivity contribution in [1.29, 1.82) is 0 Å². The van der Waals surface area contributed by atoms with E-state index in [1.54, 1.807) is 12.3 Å². The van der Waals surface area contributed by atoms with Crippen LogP contribution in [0.2, 0.25) is 0 Å². The van der Waals surface area contributed by atoms with Gasteiger partial charge in [-0.1, -0.05) is 6.92 Å². The second-order valence-corrected chi connectivity index (χ2v) is 4.23. The lowest BCUT2D eigenvalue weighted by Crippen LogP contribution is -2.24. The molecule has 19 heavy (non-hydrogen) atoms. The Morgan fingerprint density at radius 3 is 2.74 bits per heavy atom. The summed E-state index contributed by atoms with van der Waals surface area (Å²) >= 11 is 0. The van der Waals surface area contributed by atoms with Gasteiger partial charge in [0.05, 0.1) is 12.2 Å². The molecule has 0 radical (unpaired) electrons. The van der Waals surface area contributed by atoms with Crippen molar-refractivity contribution in [1.82, 2.24) is 15.5 Å². The van der Waals surface area contributed by atoms with Gasteiger partial charge >= 0.3 is 0 Å². The van der Waals surface area contributed by atoms with Crippen LogP contribution in [0.4, 0.5) is 8.78 Å². The van der Waals surface area contributed by atoms with Crippen molar-refractivity contribution in [3.63, 3.8) is 0 Å². The van der Waals surface area contributed by atoms with E-state index < -0.39 is 17.7 Å². The molecular formula is C14H15F2N3. The Kier molecular flexibility index (Phi) is 4.52. The van der Waals surface area contributed by atoms with E-state index >= 15 is 0 Å². The van der Waals surface area contributed by atoms with Crippen molar-refractivity contribution in [2.75, 3.05) is 6.54 Å². The Bertz CT molecular complexity index is 531. The smallest absolute Gasteiger partial charge is 0.128 e. The summed E-state index contributed by atoms with van der Waals surface area (Å²) in [6, 6.07) is 4.78. The van der Waals surface area contributed by atoms with Gasteiger partial charge in [0, 0.05) is 11.8 Å². The molecule has 1 aromatic heterocycles. The van der Waals surface area contributed by atoms with Crippen molar-refractivity contribution in [2.45, 2.75) is 19.4 Å². The quantitative estimate of drug-likeness (QED) is 0.901. The van der Waals surface area contributed by atoms with Crippen LogP contribution >= 0.6 is 0 Å². The lowest BCUT2D eigenvalue weighted by atomic mass is 9.99. The van der Waals surface area contributed by atoms with Gasteiger partial charge in [0.25, 0.3) is 0 Å². The Balaban J connectivity index is 2.40. The minimum atomic E-state index is -0.457. The lowest BCUT2D eigenvalue weighted by molar-refractivity contribution is 0.534. The van der Waals surface area contributed by atoms with E-state index in [9.17, 15) is 8.78 Å². The highest BCUT2D eigenvalue weighted by Crippen LogP contribution is 2.24. The van der Waals surface area contributed by atoms with Gasteiger partial charge in [0.15, 0.2) is 0 Å². The molecule has 0 fully saturated rings. The van der Waals surface area contributed by atoms with Crippen molar-refractivity contribution < 1.29 is 8.78 Å². The number of rotatable bonds is 5. The molecule has 1 unspecified atom stereocenters. The fraction of sp³-hybridized carbons (Fsp3) is 0.286. The third kappa shape index (κ3) is 3.32. The van der Waals surface area contributed by atoms with Gasteiger partial charge in [0.1, 0.15) is 11.6 Å². The summed E-state index contributed by atoms with van der Waals surface area (Å²) < 4.78 is 27.2. The SMILES string of the molecule is CCCNC(c1ccnnc1)c1cc(F)ccc1F. The standard InChI is InChI=1S/C14H15F2N3/c1-2-6-17-14(10-5-7-18-19-9-10)12-8-11(15)3-4-13(12)16/h3-5,7-9,14,17H,2,6H2,1H3. The maximum absolute atomic E-state index is 13.9. The molecule has 0 saturated carbocycles. The summed E-state index contributed by atoms with van der Waals surface area (Å²) in [5.74, 6) is -0.895. The van der Waals surface area contributed by atoms with Crippen molar-refractivity contribution in [3.8, 4) is 0 Å². The van der Waals surface area contributed by atoms with Gasteiger partial charge in [-0.2, -0.15) is 10.2 Å². The van der Waals surface area contributed by atoms with Crippen LogP contribution in [-0.4, -0.2) is 16.7 Å². The van der Waals surface area contributed by atoms with Crippen LogP contribution in [0, 0.1) is 11.6 Å². The van der Waals surface area contributed by atoms with Crippen LogP contribution < -0.4 is 5.32 Å². The Labute approximate surface area is 110 Å². The first kappa shape index (κ1) is 13.5. The molecule has 0 aliphatic carbocycles. The number of benzene rings is 1. The van der Waals surface area contributed by atoms with Gasteiger partial charge in [0.2, 0.25) is 0 Å². The average Bonchev–Trinajstić information content (AvgIpc) is 2.44. The number of hydrogen-bond donors (Lipinski definition) is 1. The number of nitrogens with zero attached hydrogens (tertiary/aromatic N) is 2. The highest BCUT2D eigenvalue weighted by molar-refractivity contribution is 5.31. The fourth-order valence-corrected chi connectivity index (χ4v) is 1.90. The second-order valence-electron chi connectivity index (χ2n) is 4.23. The summed E-state index contributed by atoms with van der Waals surface area (Å²) in [6.07, 6.45) is 3.98. The molecule has 1 atom stereocenters. The van der Waals surface area contributed by atoms with Gasteiger partial charge in [-0.15, -0.1) is 0 Å². The van der Waals surface area contributed by atoms with Gasteiger partial charge < -0.3 is 5.32 Å². The van der Waals surface area contributed by atoms with E-state index in [1.807, 2.05) is 6.92 Å².